The lowest BCUT2D eigenvalue weighted by atomic mass is 10.1. The molecule has 0 bridgehead atoms. The van der Waals surface area contributed by atoms with E-state index in [0.717, 1.165) is 11.4 Å². The highest BCUT2D eigenvalue weighted by Crippen LogP contribution is 2.25. The summed E-state index contributed by atoms with van der Waals surface area (Å²) >= 11 is 6.21. The lowest BCUT2D eigenvalue weighted by Gasteiger charge is -2.13. The first-order chi connectivity index (χ1) is 9.04. The molecule has 0 amide bonds. The Morgan fingerprint density at radius 3 is 2.89 bits per heavy atom. The number of pyridine rings is 1. The van der Waals surface area contributed by atoms with Crippen molar-refractivity contribution in [3.05, 3.63) is 46.3 Å². The molecule has 2 aromatic heterocycles. The summed E-state index contributed by atoms with van der Waals surface area (Å²) in [4.78, 5) is 3.99. The second-order valence-corrected chi connectivity index (χ2v) is 4.72. The zero-order chi connectivity index (χ0) is 14.0. The van der Waals surface area contributed by atoms with E-state index in [1.165, 1.54) is 12.3 Å². The number of aromatic nitrogens is 3. The largest absolute Gasteiger partial charge is 0.322 e. The summed E-state index contributed by atoms with van der Waals surface area (Å²) in [6, 6.07) is 2.35. The second-order valence-electron chi connectivity index (χ2n) is 4.34. The van der Waals surface area contributed by atoms with Gasteiger partial charge in [0, 0.05) is 19.2 Å². The van der Waals surface area contributed by atoms with Gasteiger partial charge in [-0.25, -0.2) is 4.39 Å². The Hall–Kier alpha value is -1.46. The molecule has 0 radical (unpaired) electrons. The maximum Gasteiger partial charge on any atom is 0.146 e. The number of hydrogen-bond acceptors (Lipinski definition) is 3. The molecule has 1 atom stereocenters. The van der Waals surface area contributed by atoms with Crippen molar-refractivity contribution in [3.8, 4) is 0 Å². The van der Waals surface area contributed by atoms with E-state index in [1.807, 2.05) is 13.8 Å². The molecule has 0 aromatic carbocycles. The average Bonchev–Trinajstić information content (AvgIpc) is 2.67. The molecule has 0 fully saturated rings. The Morgan fingerprint density at radius 2 is 2.26 bits per heavy atom. The van der Waals surface area contributed by atoms with Crippen molar-refractivity contribution < 1.29 is 4.39 Å². The Kier molecular flexibility index (Phi) is 4.17. The summed E-state index contributed by atoms with van der Waals surface area (Å²) in [6.07, 6.45) is 1.93. The molecule has 0 spiro atoms. The highest BCUT2D eigenvalue weighted by atomic mass is 35.5. The molecular weight excluding hydrogens is 267 g/mol. The SMILES string of the molecule is CCn1nc(C)c(Cl)c1CC(N)c1ncccc1F. The average molecular weight is 283 g/mol. The van der Waals surface area contributed by atoms with Crippen molar-refractivity contribution in [3.63, 3.8) is 0 Å². The van der Waals surface area contributed by atoms with Gasteiger partial charge in [-0.2, -0.15) is 5.10 Å². The number of halogens is 2. The maximum absolute atomic E-state index is 13.6. The van der Waals surface area contributed by atoms with Crippen LogP contribution in [-0.2, 0) is 13.0 Å². The van der Waals surface area contributed by atoms with Gasteiger partial charge in [0.15, 0.2) is 0 Å². The van der Waals surface area contributed by atoms with Crippen molar-refractivity contribution >= 4 is 11.6 Å². The quantitative estimate of drug-likeness (QED) is 0.938. The van der Waals surface area contributed by atoms with Crippen LogP contribution in [0.2, 0.25) is 5.02 Å². The molecule has 0 aliphatic heterocycles. The lowest BCUT2D eigenvalue weighted by molar-refractivity contribution is 0.542. The van der Waals surface area contributed by atoms with Crippen LogP contribution in [0.4, 0.5) is 4.39 Å². The smallest absolute Gasteiger partial charge is 0.146 e. The van der Waals surface area contributed by atoms with Gasteiger partial charge in [0.2, 0.25) is 0 Å². The summed E-state index contributed by atoms with van der Waals surface area (Å²) in [5.74, 6) is -0.398. The highest BCUT2D eigenvalue weighted by Gasteiger charge is 2.19. The van der Waals surface area contributed by atoms with Gasteiger partial charge in [-0.05, 0) is 26.0 Å². The van der Waals surface area contributed by atoms with Crippen LogP contribution < -0.4 is 5.73 Å². The number of aryl methyl sites for hydroxylation is 2. The van der Waals surface area contributed by atoms with Gasteiger partial charge in [0.05, 0.1) is 28.1 Å². The van der Waals surface area contributed by atoms with Crippen LogP contribution >= 0.6 is 11.6 Å². The summed E-state index contributed by atoms with van der Waals surface area (Å²) in [6.45, 7) is 4.50. The van der Waals surface area contributed by atoms with Crippen LogP contribution in [0.3, 0.4) is 0 Å². The Labute approximate surface area is 116 Å². The summed E-state index contributed by atoms with van der Waals surface area (Å²) in [7, 11) is 0. The minimum absolute atomic E-state index is 0.250. The Balaban J connectivity index is 2.29. The van der Waals surface area contributed by atoms with Crippen LogP contribution in [-0.4, -0.2) is 14.8 Å². The maximum atomic E-state index is 13.6. The fraction of sp³-hybridized carbons (Fsp3) is 0.385. The number of nitrogens with two attached hydrogens (primary N) is 1. The van der Waals surface area contributed by atoms with Gasteiger partial charge in [-0.3, -0.25) is 9.67 Å². The van der Waals surface area contributed by atoms with Crippen LogP contribution in [0.25, 0.3) is 0 Å². The lowest BCUT2D eigenvalue weighted by Crippen LogP contribution is -2.19. The minimum atomic E-state index is -0.542. The van der Waals surface area contributed by atoms with E-state index in [2.05, 4.69) is 10.1 Å². The van der Waals surface area contributed by atoms with Gasteiger partial charge < -0.3 is 5.73 Å². The molecule has 2 N–H and O–H groups in total. The normalized spacial score (nSPS) is 12.7. The molecule has 2 heterocycles. The van der Waals surface area contributed by atoms with Crippen molar-refractivity contribution in [2.24, 2.45) is 5.73 Å². The van der Waals surface area contributed by atoms with E-state index in [0.29, 0.717) is 18.0 Å². The minimum Gasteiger partial charge on any atom is -0.322 e. The summed E-state index contributed by atoms with van der Waals surface area (Å²) in [5, 5.41) is 4.90. The molecule has 0 saturated heterocycles. The van der Waals surface area contributed by atoms with E-state index in [4.69, 9.17) is 17.3 Å². The van der Waals surface area contributed by atoms with Gasteiger partial charge in [-0.15, -0.1) is 0 Å². The standard InChI is InChI=1S/C13H16ClFN4/c1-3-19-11(12(14)8(2)18-19)7-10(16)13-9(15)5-4-6-17-13/h4-6,10H,3,7,16H2,1-2H3. The molecule has 4 nitrogen and oxygen atoms in total. The van der Waals surface area contributed by atoms with Gasteiger partial charge in [0.25, 0.3) is 0 Å². The monoisotopic (exact) mass is 282 g/mol. The predicted octanol–water partition coefficient (Wildman–Crippen LogP) is 2.64. The van der Waals surface area contributed by atoms with Crippen molar-refractivity contribution in [2.45, 2.75) is 32.9 Å². The van der Waals surface area contributed by atoms with Crippen LogP contribution in [0.1, 0.15) is 30.0 Å². The summed E-state index contributed by atoms with van der Waals surface area (Å²) < 4.78 is 15.4. The van der Waals surface area contributed by atoms with Crippen molar-refractivity contribution in [1.82, 2.24) is 14.8 Å². The Bertz CT molecular complexity index is 582. The summed E-state index contributed by atoms with van der Waals surface area (Å²) in [5.41, 5.74) is 7.85. The van der Waals surface area contributed by atoms with Crippen molar-refractivity contribution in [2.75, 3.05) is 0 Å². The highest BCUT2D eigenvalue weighted by molar-refractivity contribution is 6.31. The third-order valence-electron chi connectivity index (χ3n) is 3.00. The first-order valence-corrected chi connectivity index (χ1v) is 6.50. The molecule has 0 saturated carbocycles. The van der Waals surface area contributed by atoms with E-state index < -0.39 is 11.9 Å². The third kappa shape index (κ3) is 2.77. The molecule has 0 aliphatic rings. The van der Waals surface area contributed by atoms with Crippen LogP contribution in [0.5, 0.6) is 0 Å². The van der Waals surface area contributed by atoms with Gasteiger partial charge in [-0.1, -0.05) is 11.6 Å². The van der Waals surface area contributed by atoms with E-state index in [-0.39, 0.29) is 5.69 Å². The molecule has 2 rings (SSSR count). The zero-order valence-corrected chi connectivity index (χ0v) is 11.7. The second kappa shape index (κ2) is 5.67. The van der Waals surface area contributed by atoms with E-state index in [1.54, 1.807) is 10.7 Å². The fourth-order valence-corrected chi connectivity index (χ4v) is 2.25. The van der Waals surface area contributed by atoms with E-state index >= 15 is 0 Å². The zero-order valence-electron chi connectivity index (χ0n) is 10.9. The molecule has 19 heavy (non-hydrogen) atoms. The predicted molar refractivity (Wildman–Crippen MR) is 72.5 cm³/mol. The first kappa shape index (κ1) is 14.0. The first-order valence-electron chi connectivity index (χ1n) is 6.12. The molecule has 102 valence electrons. The molecule has 1 unspecified atom stereocenters. The topological polar surface area (TPSA) is 56.7 Å². The third-order valence-corrected chi connectivity index (χ3v) is 3.50. The number of rotatable bonds is 4. The molecule has 2 aromatic rings. The number of hydrogen-bond donors (Lipinski definition) is 1. The molecular formula is C13H16ClFN4. The van der Waals surface area contributed by atoms with Crippen LogP contribution in [0.15, 0.2) is 18.3 Å². The van der Waals surface area contributed by atoms with Crippen molar-refractivity contribution in [1.29, 1.82) is 0 Å². The molecule has 6 heteroatoms. The van der Waals surface area contributed by atoms with Crippen LogP contribution in [0, 0.1) is 12.7 Å². The fourth-order valence-electron chi connectivity index (χ4n) is 2.04. The van der Waals surface area contributed by atoms with Gasteiger partial charge >= 0.3 is 0 Å². The Morgan fingerprint density at radius 1 is 1.53 bits per heavy atom. The number of nitrogens with zero attached hydrogens (tertiary/aromatic N) is 3. The molecule has 0 aliphatic carbocycles. The van der Waals surface area contributed by atoms with Gasteiger partial charge in [0.1, 0.15) is 5.82 Å². The van der Waals surface area contributed by atoms with E-state index in [9.17, 15) is 4.39 Å².